The molecule has 2 N–H and O–H groups in total. The van der Waals surface area contributed by atoms with Gasteiger partial charge in [-0.3, -0.25) is 4.79 Å². The van der Waals surface area contributed by atoms with Crippen LogP contribution in [0, 0.1) is 0 Å². The summed E-state index contributed by atoms with van der Waals surface area (Å²) in [6.07, 6.45) is 1.34. The molecule has 0 spiro atoms. The lowest BCUT2D eigenvalue weighted by Crippen LogP contribution is -2.41. The molecule has 5 heteroatoms. The Bertz CT molecular complexity index is 247. The van der Waals surface area contributed by atoms with Crippen molar-refractivity contribution in [2.75, 3.05) is 13.1 Å². The Morgan fingerprint density at radius 3 is 2.75 bits per heavy atom. The van der Waals surface area contributed by atoms with Crippen molar-refractivity contribution in [1.82, 2.24) is 10.2 Å². The zero-order chi connectivity index (χ0) is 9.14. The molecule has 1 amide bonds. The Kier molecular flexibility index (Phi) is 2.32. The fourth-order valence-electron chi connectivity index (χ4n) is 1.05. The number of amides is 1. The maximum absolute atomic E-state index is 10.9. The predicted octanol–water partition coefficient (Wildman–Crippen LogP) is -0.636. The van der Waals surface area contributed by atoms with Gasteiger partial charge in [-0.2, -0.15) is 0 Å². The summed E-state index contributed by atoms with van der Waals surface area (Å²) in [4.78, 5) is 22.7. The molecule has 5 nitrogen and oxygen atoms in total. The van der Waals surface area contributed by atoms with Gasteiger partial charge in [-0.1, -0.05) is 0 Å². The first-order valence-electron chi connectivity index (χ1n) is 3.58. The normalized spacial score (nSPS) is 16.4. The van der Waals surface area contributed by atoms with E-state index in [1.165, 1.54) is 18.0 Å². The van der Waals surface area contributed by atoms with Crippen LogP contribution in [0.3, 0.4) is 0 Å². The van der Waals surface area contributed by atoms with E-state index in [4.69, 9.17) is 5.11 Å². The average Bonchev–Trinajstić information content (AvgIpc) is 2.04. The topological polar surface area (TPSA) is 69.6 Å². The second kappa shape index (κ2) is 3.25. The first kappa shape index (κ1) is 8.58. The van der Waals surface area contributed by atoms with Crippen LogP contribution in [0.4, 0.5) is 0 Å². The highest BCUT2D eigenvalue weighted by molar-refractivity contribution is 5.92. The van der Waals surface area contributed by atoms with Crippen molar-refractivity contribution < 1.29 is 14.7 Å². The number of hydrogen-bond acceptors (Lipinski definition) is 3. The Balaban J connectivity index is 2.85. The van der Waals surface area contributed by atoms with E-state index in [1.54, 1.807) is 0 Å². The number of hydrogen-bond donors (Lipinski definition) is 2. The number of rotatable bonds is 1. The van der Waals surface area contributed by atoms with Gasteiger partial charge in [-0.25, -0.2) is 4.79 Å². The molecule has 66 valence electrons. The lowest BCUT2D eigenvalue weighted by Gasteiger charge is -2.25. The van der Waals surface area contributed by atoms with Crippen molar-refractivity contribution >= 4 is 11.9 Å². The van der Waals surface area contributed by atoms with Crippen molar-refractivity contribution in [2.24, 2.45) is 0 Å². The maximum atomic E-state index is 10.9. The van der Waals surface area contributed by atoms with Crippen LogP contribution in [0.1, 0.15) is 6.92 Å². The van der Waals surface area contributed by atoms with Crippen LogP contribution >= 0.6 is 0 Å². The summed E-state index contributed by atoms with van der Waals surface area (Å²) >= 11 is 0. The summed E-state index contributed by atoms with van der Waals surface area (Å²) in [6.45, 7) is 2.35. The summed E-state index contributed by atoms with van der Waals surface area (Å²) in [5.41, 5.74) is 0.00810. The van der Waals surface area contributed by atoms with E-state index in [0.717, 1.165) is 0 Å². The van der Waals surface area contributed by atoms with Gasteiger partial charge >= 0.3 is 5.97 Å². The van der Waals surface area contributed by atoms with E-state index >= 15 is 0 Å². The molecule has 12 heavy (non-hydrogen) atoms. The Morgan fingerprint density at radius 2 is 2.33 bits per heavy atom. The summed E-state index contributed by atoms with van der Waals surface area (Å²) in [5.74, 6) is -1.33. The minimum Gasteiger partial charge on any atom is -0.477 e. The van der Waals surface area contributed by atoms with Crippen molar-refractivity contribution in [3.63, 3.8) is 0 Å². The molecular formula is C7H10N2O3. The smallest absolute Gasteiger partial charge is 0.354 e. The third-order valence-electron chi connectivity index (χ3n) is 1.61. The summed E-state index contributed by atoms with van der Waals surface area (Å²) in [5, 5.41) is 11.4. The quantitative estimate of drug-likeness (QED) is 0.549. The average molecular weight is 170 g/mol. The van der Waals surface area contributed by atoms with Crippen molar-refractivity contribution in [3.8, 4) is 0 Å². The van der Waals surface area contributed by atoms with E-state index in [-0.39, 0.29) is 11.6 Å². The highest BCUT2D eigenvalue weighted by Crippen LogP contribution is 2.06. The second-order valence-corrected chi connectivity index (χ2v) is 2.46. The highest BCUT2D eigenvalue weighted by Gasteiger charge is 2.22. The van der Waals surface area contributed by atoms with Gasteiger partial charge in [0, 0.05) is 26.2 Å². The van der Waals surface area contributed by atoms with Crippen molar-refractivity contribution in [3.05, 3.63) is 11.9 Å². The minimum atomic E-state index is -1.09. The van der Waals surface area contributed by atoms with E-state index in [2.05, 4.69) is 5.32 Å². The molecule has 0 aromatic rings. The van der Waals surface area contributed by atoms with Crippen LogP contribution in [0.2, 0.25) is 0 Å². The van der Waals surface area contributed by atoms with E-state index in [0.29, 0.717) is 13.1 Å². The van der Waals surface area contributed by atoms with Gasteiger partial charge < -0.3 is 15.3 Å². The predicted molar refractivity (Wildman–Crippen MR) is 41.1 cm³/mol. The van der Waals surface area contributed by atoms with E-state index in [1.807, 2.05) is 0 Å². The van der Waals surface area contributed by atoms with Crippen LogP contribution in [-0.2, 0) is 9.59 Å². The molecule has 1 aliphatic rings. The molecular weight excluding hydrogens is 160 g/mol. The zero-order valence-electron chi connectivity index (χ0n) is 6.70. The second-order valence-electron chi connectivity index (χ2n) is 2.46. The summed E-state index contributed by atoms with van der Waals surface area (Å²) < 4.78 is 0. The van der Waals surface area contributed by atoms with Gasteiger partial charge in [-0.05, 0) is 0 Å². The van der Waals surface area contributed by atoms with Crippen molar-refractivity contribution in [2.45, 2.75) is 6.92 Å². The van der Waals surface area contributed by atoms with Gasteiger partial charge in [0.2, 0.25) is 5.91 Å². The maximum Gasteiger partial charge on any atom is 0.354 e. The third kappa shape index (κ3) is 1.55. The number of carboxylic acid groups (broad SMARTS) is 1. The third-order valence-corrected chi connectivity index (χ3v) is 1.61. The van der Waals surface area contributed by atoms with Gasteiger partial charge in [0.15, 0.2) is 0 Å². The summed E-state index contributed by atoms with van der Waals surface area (Å²) in [6, 6.07) is 0. The molecule has 0 bridgehead atoms. The molecule has 0 aromatic carbocycles. The molecule has 0 atom stereocenters. The fraction of sp³-hybridized carbons (Fsp3) is 0.429. The molecule has 0 radical (unpaired) electrons. The van der Waals surface area contributed by atoms with Gasteiger partial charge in [0.25, 0.3) is 0 Å². The zero-order valence-corrected chi connectivity index (χ0v) is 6.70. The Labute approximate surface area is 69.7 Å². The van der Waals surface area contributed by atoms with Crippen LogP contribution in [-0.4, -0.2) is 35.0 Å². The largest absolute Gasteiger partial charge is 0.477 e. The fourth-order valence-corrected chi connectivity index (χ4v) is 1.05. The number of aliphatic carboxylic acids is 1. The standard InChI is InChI=1S/C7H10N2O3/c1-5(10)9-3-2-8-4-6(9)7(11)12/h4,8H,2-3H2,1H3,(H,11,12). The molecule has 1 heterocycles. The molecule has 1 rings (SSSR count). The number of carboxylic acids is 1. The Hall–Kier alpha value is -1.52. The number of nitrogens with one attached hydrogen (secondary N) is 1. The molecule has 1 aliphatic heterocycles. The first-order valence-corrected chi connectivity index (χ1v) is 3.58. The molecule has 0 saturated heterocycles. The lowest BCUT2D eigenvalue weighted by molar-refractivity contribution is -0.139. The molecule has 0 aromatic heterocycles. The van der Waals surface area contributed by atoms with E-state index in [9.17, 15) is 9.59 Å². The molecule has 0 unspecified atom stereocenters. The minimum absolute atomic E-state index is 0.00810. The number of nitrogens with zero attached hydrogens (tertiary/aromatic N) is 1. The number of carbonyl (C=O) groups excluding carboxylic acids is 1. The van der Waals surface area contributed by atoms with Crippen LogP contribution in [0.5, 0.6) is 0 Å². The van der Waals surface area contributed by atoms with Crippen LogP contribution in [0.25, 0.3) is 0 Å². The van der Waals surface area contributed by atoms with Crippen molar-refractivity contribution in [1.29, 1.82) is 0 Å². The monoisotopic (exact) mass is 170 g/mol. The SMILES string of the molecule is CC(=O)N1CCNC=C1C(=O)O. The Morgan fingerprint density at radius 1 is 1.67 bits per heavy atom. The van der Waals surface area contributed by atoms with Gasteiger partial charge in [0.05, 0.1) is 0 Å². The first-order chi connectivity index (χ1) is 5.63. The molecule has 0 fully saturated rings. The molecule has 0 saturated carbocycles. The van der Waals surface area contributed by atoms with Crippen LogP contribution in [0.15, 0.2) is 11.9 Å². The lowest BCUT2D eigenvalue weighted by atomic mass is 10.3. The highest BCUT2D eigenvalue weighted by atomic mass is 16.4. The van der Waals surface area contributed by atoms with Crippen LogP contribution < -0.4 is 5.32 Å². The van der Waals surface area contributed by atoms with Gasteiger partial charge in [0.1, 0.15) is 5.70 Å². The number of carbonyl (C=O) groups is 2. The van der Waals surface area contributed by atoms with Gasteiger partial charge in [-0.15, -0.1) is 0 Å². The summed E-state index contributed by atoms with van der Waals surface area (Å²) in [7, 11) is 0. The van der Waals surface area contributed by atoms with E-state index < -0.39 is 5.97 Å². The molecule has 0 aliphatic carbocycles.